The number of hydrogen-bond acceptors (Lipinski definition) is 2. The monoisotopic (exact) mass is 228 g/mol. The van der Waals surface area contributed by atoms with Gasteiger partial charge in [-0.05, 0) is 19.1 Å². The molecule has 0 aliphatic heterocycles. The van der Waals surface area contributed by atoms with Gasteiger partial charge in [-0.15, -0.1) is 11.6 Å². The van der Waals surface area contributed by atoms with E-state index in [1.165, 1.54) is 0 Å². The topological polar surface area (TPSA) is 18.5 Å². The van der Waals surface area contributed by atoms with Crippen molar-refractivity contribution in [1.82, 2.24) is 0 Å². The summed E-state index contributed by atoms with van der Waals surface area (Å²) in [6.45, 7) is 5.32. The summed E-state index contributed by atoms with van der Waals surface area (Å²) in [7, 11) is 0. The first-order valence-electron chi connectivity index (χ1n) is 5.18. The van der Waals surface area contributed by atoms with Crippen LogP contribution in [0, 0.1) is 5.92 Å². The molecule has 0 radical (unpaired) electrons. The highest BCUT2D eigenvalue weighted by Gasteiger charge is 2.02. The van der Waals surface area contributed by atoms with Gasteiger partial charge in [0.2, 0.25) is 0 Å². The highest BCUT2D eigenvalue weighted by atomic mass is 35.5. The lowest BCUT2D eigenvalue weighted by Crippen LogP contribution is -2.09. The number of rotatable bonds is 6. The Bertz CT molecular complexity index is 289. The number of halogens is 1. The maximum Gasteiger partial charge on any atom is 0.122 e. The summed E-state index contributed by atoms with van der Waals surface area (Å²) in [5.41, 5.74) is 0. The summed E-state index contributed by atoms with van der Waals surface area (Å²) in [4.78, 5) is 0. The third-order valence-corrected chi connectivity index (χ3v) is 2.44. The van der Waals surface area contributed by atoms with E-state index in [2.05, 4.69) is 6.92 Å². The molecule has 0 N–H and O–H groups in total. The molecule has 0 aliphatic rings. The lowest BCUT2D eigenvalue weighted by atomic mass is 10.2. The molecule has 0 saturated heterocycles. The van der Waals surface area contributed by atoms with Crippen molar-refractivity contribution in [1.29, 1.82) is 0 Å². The van der Waals surface area contributed by atoms with E-state index in [-0.39, 0.29) is 0 Å². The highest BCUT2D eigenvalue weighted by molar-refractivity contribution is 6.18. The van der Waals surface area contributed by atoms with E-state index in [4.69, 9.17) is 21.1 Å². The minimum Gasteiger partial charge on any atom is -0.494 e. The second kappa shape index (κ2) is 6.57. The van der Waals surface area contributed by atoms with Gasteiger partial charge in [-0.3, -0.25) is 0 Å². The van der Waals surface area contributed by atoms with Crippen LogP contribution in [0.5, 0.6) is 11.5 Å². The zero-order valence-electron chi connectivity index (χ0n) is 9.20. The second-order valence-corrected chi connectivity index (χ2v) is 3.79. The van der Waals surface area contributed by atoms with Crippen LogP contribution < -0.4 is 9.47 Å². The molecule has 1 unspecified atom stereocenters. The molecule has 0 fully saturated rings. The summed E-state index contributed by atoms with van der Waals surface area (Å²) in [5.74, 6) is 2.65. The average molecular weight is 229 g/mol. The van der Waals surface area contributed by atoms with Crippen LogP contribution in [0.2, 0.25) is 0 Å². The lowest BCUT2D eigenvalue weighted by molar-refractivity contribution is 0.270. The molecule has 1 atom stereocenters. The van der Waals surface area contributed by atoms with Gasteiger partial charge in [-0.25, -0.2) is 0 Å². The maximum atomic E-state index is 5.69. The first-order chi connectivity index (χ1) is 7.26. The van der Waals surface area contributed by atoms with Crippen LogP contribution in [0.4, 0.5) is 0 Å². The van der Waals surface area contributed by atoms with E-state index < -0.39 is 0 Å². The number of alkyl halides is 1. The largest absolute Gasteiger partial charge is 0.494 e. The molecular formula is C12H17ClO2. The second-order valence-electron chi connectivity index (χ2n) is 3.48. The van der Waals surface area contributed by atoms with Crippen LogP contribution in [-0.4, -0.2) is 19.1 Å². The quantitative estimate of drug-likeness (QED) is 0.696. The summed E-state index contributed by atoms with van der Waals surface area (Å²) in [6, 6.07) is 7.65. The Kier molecular flexibility index (Phi) is 5.33. The van der Waals surface area contributed by atoms with E-state index in [1.54, 1.807) is 0 Å². The molecule has 0 bridgehead atoms. The van der Waals surface area contributed by atoms with Gasteiger partial charge >= 0.3 is 0 Å². The summed E-state index contributed by atoms with van der Waals surface area (Å²) < 4.78 is 11.0. The fraction of sp³-hybridized carbons (Fsp3) is 0.500. The molecule has 3 heteroatoms. The first kappa shape index (κ1) is 12.2. The Morgan fingerprint density at radius 1 is 1.27 bits per heavy atom. The van der Waals surface area contributed by atoms with Gasteiger partial charge in [0.05, 0.1) is 13.2 Å². The zero-order chi connectivity index (χ0) is 11.1. The van der Waals surface area contributed by atoms with E-state index in [1.807, 2.05) is 31.2 Å². The van der Waals surface area contributed by atoms with Crippen molar-refractivity contribution in [3.8, 4) is 11.5 Å². The van der Waals surface area contributed by atoms with Crippen molar-refractivity contribution >= 4 is 11.6 Å². The van der Waals surface area contributed by atoms with Crippen molar-refractivity contribution < 1.29 is 9.47 Å². The average Bonchev–Trinajstić information content (AvgIpc) is 2.27. The molecule has 2 nitrogen and oxygen atoms in total. The molecular weight excluding hydrogens is 212 g/mol. The van der Waals surface area contributed by atoms with E-state index in [9.17, 15) is 0 Å². The maximum absolute atomic E-state index is 5.69. The third kappa shape index (κ3) is 4.43. The molecule has 0 amide bonds. The summed E-state index contributed by atoms with van der Waals surface area (Å²) in [6.07, 6.45) is 0. The van der Waals surface area contributed by atoms with Gasteiger partial charge in [-0.1, -0.05) is 13.0 Å². The smallest absolute Gasteiger partial charge is 0.122 e. The van der Waals surface area contributed by atoms with Gasteiger partial charge in [0, 0.05) is 17.9 Å². The van der Waals surface area contributed by atoms with Gasteiger partial charge < -0.3 is 9.47 Å². The number of hydrogen-bond donors (Lipinski definition) is 0. The van der Waals surface area contributed by atoms with Crippen LogP contribution in [0.3, 0.4) is 0 Å². The predicted octanol–water partition coefficient (Wildman–Crippen LogP) is 3.34. The standard InChI is InChI=1S/C12H17ClO2/c1-3-14-11-5-4-6-12(7-11)15-9-10(2)8-13/h4-7,10H,3,8-9H2,1-2H3. The number of ether oxygens (including phenoxy) is 2. The van der Waals surface area contributed by atoms with Crippen LogP contribution in [0.1, 0.15) is 13.8 Å². The Hall–Kier alpha value is -0.890. The van der Waals surface area contributed by atoms with Gasteiger partial charge in [0.25, 0.3) is 0 Å². The predicted molar refractivity (Wildman–Crippen MR) is 63.0 cm³/mol. The van der Waals surface area contributed by atoms with Crippen LogP contribution in [0.15, 0.2) is 24.3 Å². The lowest BCUT2D eigenvalue weighted by Gasteiger charge is -2.11. The Morgan fingerprint density at radius 3 is 2.53 bits per heavy atom. The van der Waals surface area contributed by atoms with Crippen molar-refractivity contribution in [2.24, 2.45) is 5.92 Å². The minimum atomic E-state index is 0.363. The Balaban J connectivity index is 2.50. The van der Waals surface area contributed by atoms with Crippen molar-refractivity contribution in [3.63, 3.8) is 0 Å². The normalized spacial score (nSPS) is 12.2. The van der Waals surface area contributed by atoms with E-state index in [0.717, 1.165) is 11.5 Å². The summed E-state index contributed by atoms with van der Waals surface area (Å²) in [5, 5.41) is 0. The van der Waals surface area contributed by atoms with E-state index >= 15 is 0 Å². The zero-order valence-corrected chi connectivity index (χ0v) is 9.96. The van der Waals surface area contributed by atoms with Gasteiger partial charge in [-0.2, -0.15) is 0 Å². The third-order valence-electron chi connectivity index (χ3n) is 1.91. The molecule has 0 aromatic heterocycles. The molecule has 0 spiro atoms. The molecule has 0 saturated carbocycles. The SMILES string of the molecule is CCOc1cccc(OCC(C)CCl)c1. The van der Waals surface area contributed by atoms with Crippen molar-refractivity contribution in [2.75, 3.05) is 19.1 Å². The molecule has 0 aliphatic carbocycles. The van der Waals surface area contributed by atoms with Gasteiger partial charge in [0.15, 0.2) is 0 Å². The summed E-state index contributed by atoms with van der Waals surface area (Å²) >= 11 is 5.69. The van der Waals surface area contributed by atoms with Crippen LogP contribution in [0.25, 0.3) is 0 Å². The van der Waals surface area contributed by atoms with Crippen molar-refractivity contribution in [3.05, 3.63) is 24.3 Å². The number of benzene rings is 1. The van der Waals surface area contributed by atoms with Crippen molar-refractivity contribution in [2.45, 2.75) is 13.8 Å². The fourth-order valence-corrected chi connectivity index (χ4v) is 1.19. The van der Waals surface area contributed by atoms with Gasteiger partial charge in [0.1, 0.15) is 11.5 Å². The minimum absolute atomic E-state index is 0.363. The highest BCUT2D eigenvalue weighted by Crippen LogP contribution is 2.19. The molecule has 1 rings (SSSR count). The molecule has 15 heavy (non-hydrogen) atoms. The van der Waals surface area contributed by atoms with Crippen LogP contribution in [-0.2, 0) is 0 Å². The Morgan fingerprint density at radius 2 is 1.93 bits per heavy atom. The van der Waals surface area contributed by atoms with Crippen LogP contribution >= 0.6 is 11.6 Å². The Labute approximate surface area is 96.2 Å². The molecule has 84 valence electrons. The molecule has 0 heterocycles. The first-order valence-corrected chi connectivity index (χ1v) is 5.71. The van der Waals surface area contributed by atoms with E-state index in [0.29, 0.717) is 25.0 Å². The molecule has 1 aromatic carbocycles. The molecule has 1 aromatic rings. The fourth-order valence-electron chi connectivity index (χ4n) is 1.10.